The van der Waals surface area contributed by atoms with E-state index in [0.717, 1.165) is 18.1 Å². The van der Waals surface area contributed by atoms with Gasteiger partial charge in [-0.25, -0.2) is 0 Å². The Morgan fingerprint density at radius 2 is 2.07 bits per heavy atom. The SMILES string of the molecule is CC1(COC=C2CCCC2)CS(=O)C1. The minimum Gasteiger partial charge on any atom is -0.501 e. The third-order valence-electron chi connectivity index (χ3n) is 2.95. The van der Waals surface area contributed by atoms with Crippen LogP contribution in [0, 0.1) is 5.41 Å². The smallest absolute Gasteiger partial charge is 0.0944 e. The molecule has 0 unspecified atom stereocenters. The molecule has 1 heterocycles. The average molecular weight is 214 g/mol. The second-order valence-electron chi connectivity index (χ2n) is 4.83. The molecule has 0 aromatic rings. The number of rotatable bonds is 3. The highest BCUT2D eigenvalue weighted by Crippen LogP contribution is 2.30. The molecule has 0 atom stereocenters. The zero-order valence-corrected chi connectivity index (χ0v) is 9.57. The molecule has 0 bridgehead atoms. The van der Waals surface area contributed by atoms with E-state index in [-0.39, 0.29) is 5.41 Å². The van der Waals surface area contributed by atoms with Crippen LogP contribution in [-0.4, -0.2) is 22.3 Å². The molecule has 2 nitrogen and oxygen atoms in total. The molecule has 2 rings (SSSR count). The van der Waals surface area contributed by atoms with Gasteiger partial charge in [-0.05, 0) is 31.3 Å². The largest absolute Gasteiger partial charge is 0.501 e. The van der Waals surface area contributed by atoms with Crippen LogP contribution < -0.4 is 0 Å². The highest BCUT2D eigenvalue weighted by molar-refractivity contribution is 7.86. The van der Waals surface area contributed by atoms with Crippen LogP contribution in [0.4, 0.5) is 0 Å². The van der Waals surface area contributed by atoms with E-state index in [9.17, 15) is 4.21 Å². The van der Waals surface area contributed by atoms with E-state index >= 15 is 0 Å². The van der Waals surface area contributed by atoms with Crippen LogP contribution in [0.1, 0.15) is 32.6 Å². The lowest BCUT2D eigenvalue weighted by atomic mass is 9.96. The quantitative estimate of drug-likeness (QED) is 0.673. The number of allylic oxidation sites excluding steroid dienone is 1. The number of ether oxygens (including phenoxy) is 1. The van der Waals surface area contributed by atoms with E-state index in [4.69, 9.17) is 4.74 Å². The van der Waals surface area contributed by atoms with Gasteiger partial charge < -0.3 is 4.74 Å². The van der Waals surface area contributed by atoms with Crippen molar-refractivity contribution in [3.63, 3.8) is 0 Å². The number of hydrogen-bond acceptors (Lipinski definition) is 2. The van der Waals surface area contributed by atoms with Crippen molar-refractivity contribution < 1.29 is 8.95 Å². The van der Waals surface area contributed by atoms with Crippen LogP contribution in [0.3, 0.4) is 0 Å². The maximum absolute atomic E-state index is 11.0. The minimum atomic E-state index is -0.567. The Kier molecular flexibility index (Phi) is 2.96. The molecule has 0 spiro atoms. The van der Waals surface area contributed by atoms with Gasteiger partial charge in [0.05, 0.1) is 12.9 Å². The van der Waals surface area contributed by atoms with E-state index in [1.807, 2.05) is 6.26 Å². The predicted octanol–water partition coefficient (Wildman–Crippen LogP) is 2.23. The molecule has 1 saturated carbocycles. The molecule has 0 aromatic heterocycles. The van der Waals surface area contributed by atoms with Gasteiger partial charge >= 0.3 is 0 Å². The van der Waals surface area contributed by atoms with Crippen LogP contribution in [0.5, 0.6) is 0 Å². The molecule has 0 aromatic carbocycles. The highest BCUT2D eigenvalue weighted by atomic mass is 32.2. The van der Waals surface area contributed by atoms with Crippen LogP contribution >= 0.6 is 0 Å². The van der Waals surface area contributed by atoms with Crippen molar-refractivity contribution in [1.29, 1.82) is 0 Å². The number of hydrogen-bond donors (Lipinski definition) is 0. The summed E-state index contributed by atoms with van der Waals surface area (Å²) in [4.78, 5) is 0. The van der Waals surface area contributed by atoms with Gasteiger partial charge in [0.1, 0.15) is 0 Å². The monoisotopic (exact) mass is 214 g/mol. The lowest BCUT2D eigenvalue weighted by Crippen LogP contribution is -2.45. The average Bonchev–Trinajstić information content (AvgIpc) is 2.54. The Hall–Kier alpha value is -0.310. The Morgan fingerprint density at radius 3 is 2.64 bits per heavy atom. The summed E-state index contributed by atoms with van der Waals surface area (Å²) in [6, 6.07) is 0. The summed E-state index contributed by atoms with van der Waals surface area (Å²) in [6.45, 7) is 2.89. The fourth-order valence-electron chi connectivity index (χ4n) is 2.13. The second-order valence-corrected chi connectivity index (χ2v) is 6.29. The van der Waals surface area contributed by atoms with Crippen molar-refractivity contribution in [2.24, 2.45) is 5.41 Å². The summed E-state index contributed by atoms with van der Waals surface area (Å²) in [5, 5.41) is 0. The van der Waals surface area contributed by atoms with Gasteiger partial charge in [-0.3, -0.25) is 4.21 Å². The normalized spacial score (nSPS) is 36.6. The van der Waals surface area contributed by atoms with Gasteiger partial charge in [0.25, 0.3) is 0 Å². The molecular formula is C11H18O2S. The van der Waals surface area contributed by atoms with Crippen LogP contribution in [0.15, 0.2) is 11.8 Å². The van der Waals surface area contributed by atoms with Crippen molar-refractivity contribution in [1.82, 2.24) is 0 Å². The second kappa shape index (κ2) is 4.05. The molecule has 0 amide bonds. The topological polar surface area (TPSA) is 26.3 Å². The van der Waals surface area contributed by atoms with Gasteiger partial charge in [-0.2, -0.15) is 0 Å². The fourth-order valence-corrected chi connectivity index (χ4v) is 3.76. The summed E-state index contributed by atoms with van der Waals surface area (Å²) in [7, 11) is -0.567. The molecule has 2 aliphatic rings. The lowest BCUT2D eigenvalue weighted by molar-refractivity contribution is 0.145. The Balaban J connectivity index is 1.72. The van der Waals surface area contributed by atoms with Crippen molar-refractivity contribution in [2.75, 3.05) is 18.1 Å². The molecule has 3 heteroatoms. The van der Waals surface area contributed by atoms with Gasteiger partial charge in [0.2, 0.25) is 0 Å². The van der Waals surface area contributed by atoms with E-state index in [2.05, 4.69) is 6.92 Å². The van der Waals surface area contributed by atoms with Crippen molar-refractivity contribution in [3.05, 3.63) is 11.8 Å². The van der Waals surface area contributed by atoms with Crippen LogP contribution in [0.25, 0.3) is 0 Å². The molecule has 1 aliphatic carbocycles. The molecule has 80 valence electrons. The lowest BCUT2D eigenvalue weighted by Gasteiger charge is -2.36. The molecule has 2 fully saturated rings. The zero-order valence-electron chi connectivity index (χ0n) is 8.75. The Labute approximate surface area is 88.2 Å². The standard InChI is InChI=1S/C11H18O2S/c1-11(8-14(12)9-11)7-13-6-10-4-2-3-5-10/h6H,2-5,7-9H2,1H3. The van der Waals surface area contributed by atoms with E-state index in [1.165, 1.54) is 31.3 Å². The Morgan fingerprint density at radius 1 is 1.43 bits per heavy atom. The maximum atomic E-state index is 11.0. The molecule has 0 N–H and O–H groups in total. The van der Waals surface area contributed by atoms with Gasteiger partial charge in [0.15, 0.2) is 0 Å². The summed E-state index contributed by atoms with van der Waals surface area (Å²) >= 11 is 0. The predicted molar refractivity (Wildman–Crippen MR) is 58.5 cm³/mol. The fraction of sp³-hybridized carbons (Fsp3) is 0.818. The van der Waals surface area contributed by atoms with Gasteiger partial charge in [-0.15, -0.1) is 0 Å². The van der Waals surface area contributed by atoms with Gasteiger partial charge in [0, 0.05) is 27.7 Å². The molecular weight excluding hydrogens is 196 g/mol. The zero-order chi connectivity index (χ0) is 10.0. The van der Waals surface area contributed by atoms with Crippen molar-refractivity contribution in [2.45, 2.75) is 32.6 Å². The van der Waals surface area contributed by atoms with E-state index in [0.29, 0.717) is 0 Å². The summed E-state index contributed by atoms with van der Waals surface area (Å²) in [5.74, 6) is 1.63. The highest BCUT2D eigenvalue weighted by Gasteiger charge is 2.38. The first kappa shape index (κ1) is 10.2. The molecule has 0 radical (unpaired) electrons. The van der Waals surface area contributed by atoms with E-state index in [1.54, 1.807) is 0 Å². The molecule has 1 saturated heterocycles. The van der Waals surface area contributed by atoms with Crippen LogP contribution in [-0.2, 0) is 15.5 Å². The van der Waals surface area contributed by atoms with Crippen molar-refractivity contribution >= 4 is 10.8 Å². The van der Waals surface area contributed by atoms with Crippen molar-refractivity contribution in [3.8, 4) is 0 Å². The summed E-state index contributed by atoms with van der Waals surface area (Å²) < 4.78 is 16.6. The maximum Gasteiger partial charge on any atom is 0.0944 e. The third kappa shape index (κ3) is 2.38. The minimum absolute atomic E-state index is 0.181. The summed E-state index contributed by atoms with van der Waals surface area (Å²) in [5.41, 5.74) is 1.63. The van der Waals surface area contributed by atoms with Crippen LogP contribution in [0.2, 0.25) is 0 Å². The van der Waals surface area contributed by atoms with E-state index < -0.39 is 10.8 Å². The molecule has 1 aliphatic heterocycles. The first-order valence-corrected chi connectivity index (χ1v) is 6.81. The Bertz CT molecular complexity index is 254. The first-order valence-electron chi connectivity index (χ1n) is 5.32. The molecule has 14 heavy (non-hydrogen) atoms. The third-order valence-corrected chi connectivity index (χ3v) is 4.98. The summed E-state index contributed by atoms with van der Waals surface area (Å²) in [6.07, 6.45) is 7.00. The van der Waals surface area contributed by atoms with Gasteiger partial charge in [-0.1, -0.05) is 6.92 Å². The first-order chi connectivity index (χ1) is 6.68.